The molecule has 2 fully saturated rings. The molecule has 3 aliphatic rings. The van der Waals surface area contributed by atoms with Crippen LogP contribution in [-0.4, -0.2) is 31.7 Å². The van der Waals surface area contributed by atoms with Crippen molar-refractivity contribution in [2.45, 2.75) is 38.5 Å². The Morgan fingerprint density at radius 1 is 1.30 bits per heavy atom. The molecule has 1 aromatic carbocycles. The number of fused-ring (bicyclic) bond motifs is 5. The van der Waals surface area contributed by atoms with Gasteiger partial charge >= 0.3 is 0 Å². The number of benzene rings is 1. The fourth-order valence-corrected chi connectivity index (χ4v) is 4.82. The lowest BCUT2D eigenvalue weighted by Gasteiger charge is -2.47. The van der Waals surface area contributed by atoms with Gasteiger partial charge in [0.15, 0.2) is 0 Å². The van der Waals surface area contributed by atoms with Crippen molar-refractivity contribution < 1.29 is 19.4 Å². The minimum absolute atomic E-state index is 0.112. The van der Waals surface area contributed by atoms with Crippen molar-refractivity contribution in [1.29, 1.82) is 0 Å². The Morgan fingerprint density at radius 3 is 2.78 bits per heavy atom. The predicted octanol–water partition coefficient (Wildman–Crippen LogP) is 3.53. The first-order valence-corrected chi connectivity index (χ1v) is 8.40. The summed E-state index contributed by atoms with van der Waals surface area (Å²) in [7, 11) is 3.25. The fourth-order valence-electron chi connectivity index (χ4n) is 4.82. The predicted molar refractivity (Wildman–Crippen MR) is 87.8 cm³/mol. The summed E-state index contributed by atoms with van der Waals surface area (Å²) in [5.74, 6) is 2.96. The number of ether oxygens (including phenoxy) is 2. The van der Waals surface area contributed by atoms with E-state index in [1.807, 2.05) is 6.07 Å². The van der Waals surface area contributed by atoms with E-state index < -0.39 is 0 Å². The quantitative estimate of drug-likeness (QED) is 0.795. The summed E-state index contributed by atoms with van der Waals surface area (Å²) in [4.78, 5) is 12.2. The van der Waals surface area contributed by atoms with Crippen molar-refractivity contribution in [3.8, 4) is 11.5 Å². The summed E-state index contributed by atoms with van der Waals surface area (Å²) in [6.07, 6.45) is 3.82. The number of Topliss-reactive ketones (excluding diaryl/α,β-unsaturated/α-hetero) is 1. The first kappa shape index (κ1) is 16.3. The van der Waals surface area contributed by atoms with Crippen molar-refractivity contribution in [2.24, 2.45) is 17.3 Å². The first-order valence-electron chi connectivity index (χ1n) is 8.40. The molecule has 0 radical (unpaired) electrons. The van der Waals surface area contributed by atoms with Gasteiger partial charge in [-0.2, -0.15) is 0 Å². The molecule has 0 spiro atoms. The zero-order valence-electron chi connectivity index (χ0n) is 14.2. The normalized spacial score (nSPS) is 34.4. The highest BCUT2D eigenvalue weighted by Gasteiger charge is 2.55. The van der Waals surface area contributed by atoms with E-state index in [0.717, 1.165) is 31.4 Å². The second-order valence-corrected chi connectivity index (χ2v) is 7.24. The molecule has 1 aromatic rings. The maximum atomic E-state index is 12.2. The number of hydrogen-bond donors (Lipinski definition) is 1. The molecule has 1 N–H and O–H groups in total. The molecule has 0 aromatic heterocycles. The Kier molecular flexibility index (Phi) is 4.37. The number of hydrogen-bond acceptors (Lipinski definition) is 4. The zero-order chi connectivity index (χ0) is 16.6. The van der Waals surface area contributed by atoms with E-state index in [1.165, 1.54) is 5.56 Å². The summed E-state index contributed by atoms with van der Waals surface area (Å²) in [6.45, 7) is 2.85. The smallest absolute Gasteiger partial charge is 0.139 e. The van der Waals surface area contributed by atoms with Gasteiger partial charge in [0.2, 0.25) is 0 Å². The van der Waals surface area contributed by atoms with Crippen LogP contribution in [0.25, 0.3) is 0 Å². The highest BCUT2D eigenvalue weighted by atomic mass is 16.5. The van der Waals surface area contributed by atoms with Gasteiger partial charge in [-0.1, -0.05) is 13.0 Å². The first-order chi connectivity index (χ1) is 11.0. The monoisotopic (exact) mass is 318 g/mol. The van der Waals surface area contributed by atoms with Crippen molar-refractivity contribution in [3.63, 3.8) is 0 Å². The highest BCUT2D eigenvalue weighted by Crippen LogP contribution is 2.58. The Bertz CT molecular complexity index is 597. The second-order valence-electron chi connectivity index (χ2n) is 7.24. The number of methoxy groups -OCH3 is 1. The average Bonchev–Trinajstić information content (AvgIpc) is 2.83. The topological polar surface area (TPSA) is 55.8 Å². The number of carbonyl (C=O) groups is 1. The van der Waals surface area contributed by atoms with Gasteiger partial charge in [-0.15, -0.1) is 0 Å². The van der Waals surface area contributed by atoms with Gasteiger partial charge in [0.1, 0.15) is 17.3 Å². The number of aromatic hydroxyl groups is 1. The number of phenolic OH excluding ortho intramolecular Hbond substituents is 1. The summed E-state index contributed by atoms with van der Waals surface area (Å²) >= 11 is 0. The molecule has 126 valence electrons. The summed E-state index contributed by atoms with van der Waals surface area (Å²) in [5, 5.41) is 9.59. The Morgan fingerprint density at radius 2 is 2.04 bits per heavy atom. The fraction of sp³-hybridized carbons (Fsp3) is 0.632. The molecule has 4 heteroatoms. The molecule has 4 atom stereocenters. The SMILES string of the molecule is COC.C[C@]12CC[C@@H]3c4ccc(O)cc4OC[C@@H]3[C@@H]1CCC2=O. The maximum Gasteiger partial charge on any atom is 0.139 e. The number of carbonyl (C=O) groups excluding carboxylic acids is 1. The molecule has 0 amide bonds. The molecule has 4 nitrogen and oxygen atoms in total. The lowest BCUT2D eigenvalue weighted by molar-refractivity contribution is -0.129. The lowest BCUT2D eigenvalue weighted by atomic mass is 9.58. The van der Waals surface area contributed by atoms with Crippen LogP contribution in [0.3, 0.4) is 0 Å². The zero-order valence-corrected chi connectivity index (χ0v) is 14.2. The minimum Gasteiger partial charge on any atom is -0.508 e. The molecule has 2 saturated carbocycles. The maximum absolute atomic E-state index is 12.2. The van der Waals surface area contributed by atoms with Gasteiger partial charge in [-0.05, 0) is 42.7 Å². The van der Waals surface area contributed by atoms with Crippen LogP contribution in [0.4, 0.5) is 0 Å². The van der Waals surface area contributed by atoms with Crippen molar-refractivity contribution in [2.75, 3.05) is 20.8 Å². The molecule has 4 rings (SSSR count). The van der Waals surface area contributed by atoms with Gasteiger partial charge in [-0.25, -0.2) is 0 Å². The number of ketones is 1. The summed E-state index contributed by atoms with van der Waals surface area (Å²) < 4.78 is 10.1. The van der Waals surface area contributed by atoms with Crippen LogP contribution in [0.1, 0.15) is 44.1 Å². The van der Waals surface area contributed by atoms with E-state index in [0.29, 0.717) is 30.1 Å². The molecular weight excluding hydrogens is 292 g/mol. The third-order valence-corrected chi connectivity index (χ3v) is 5.97. The molecule has 0 bridgehead atoms. The molecule has 1 heterocycles. The summed E-state index contributed by atoms with van der Waals surface area (Å²) in [6, 6.07) is 5.47. The number of rotatable bonds is 0. The van der Waals surface area contributed by atoms with Gasteiger partial charge in [0, 0.05) is 38.0 Å². The third-order valence-electron chi connectivity index (χ3n) is 5.97. The number of phenols is 1. The molecular formula is C19H26O4. The van der Waals surface area contributed by atoms with Gasteiger partial charge in [0.25, 0.3) is 0 Å². The molecule has 1 aliphatic heterocycles. The molecule has 0 unspecified atom stereocenters. The Labute approximate surface area is 137 Å². The van der Waals surface area contributed by atoms with E-state index in [-0.39, 0.29) is 11.2 Å². The van der Waals surface area contributed by atoms with E-state index >= 15 is 0 Å². The van der Waals surface area contributed by atoms with E-state index in [2.05, 4.69) is 11.7 Å². The standard InChI is InChI=1S/C17H20O3.C2H6O/c1-17-7-6-11-12-3-2-10(18)8-15(12)20-9-13(11)14(17)4-5-16(17)19;1-3-2/h2-3,8,11,13-14,18H,4-7,9H2,1H3;1-2H3/t11-,13+,14+,17+;/m1./s1. The van der Waals surface area contributed by atoms with Crippen LogP contribution in [0.15, 0.2) is 18.2 Å². The lowest BCUT2D eigenvalue weighted by Crippen LogP contribution is -2.44. The average molecular weight is 318 g/mol. The van der Waals surface area contributed by atoms with Crippen LogP contribution in [0.2, 0.25) is 0 Å². The minimum atomic E-state index is -0.112. The molecule has 23 heavy (non-hydrogen) atoms. The van der Waals surface area contributed by atoms with Crippen molar-refractivity contribution in [3.05, 3.63) is 23.8 Å². The van der Waals surface area contributed by atoms with Crippen molar-refractivity contribution >= 4 is 5.78 Å². The largest absolute Gasteiger partial charge is 0.508 e. The molecule has 2 aliphatic carbocycles. The van der Waals surface area contributed by atoms with Gasteiger partial charge < -0.3 is 14.6 Å². The van der Waals surface area contributed by atoms with Crippen LogP contribution in [0.5, 0.6) is 11.5 Å². The molecule has 0 saturated heterocycles. The van der Waals surface area contributed by atoms with Gasteiger partial charge in [0.05, 0.1) is 6.61 Å². The van der Waals surface area contributed by atoms with Crippen LogP contribution in [-0.2, 0) is 9.53 Å². The van der Waals surface area contributed by atoms with Crippen molar-refractivity contribution in [1.82, 2.24) is 0 Å². The Balaban J connectivity index is 0.000000485. The third kappa shape index (κ3) is 2.63. The van der Waals surface area contributed by atoms with Crippen LogP contribution >= 0.6 is 0 Å². The van der Waals surface area contributed by atoms with E-state index in [1.54, 1.807) is 26.4 Å². The highest BCUT2D eigenvalue weighted by molar-refractivity contribution is 5.87. The van der Waals surface area contributed by atoms with E-state index in [4.69, 9.17) is 4.74 Å². The summed E-state index contributed by atoms with van der Waals surface area (Å²) in [5.41, 5.74) is 1.11. The van der Waals surface area contributed by atoms with Gasteiger partial charge in [-0.3, -0.25) is 4.79 Å². The Hall–Kier alpha value is -1.55. The van der Waals surface area contributed by atoms with Crippen LogP contribution < -0.4 is 4.74 Å². The van der Waals surface area contributed by atoms with Crippen LogP contribution in [0, 0.1) is 17.3 Å². The second kappa shape index (κ2) is 6.16. The van der Waals surface area contributed by atoms with E-state index in [9.17, 15) is 9.90 Å².